The van der Waals surface area contributed by atoms with Gasteiger partial charge in [0, 0.05) is 28.6 Å². The van der Waals surface area contributed by atoms with Crippen molar-refractivity contribution in [1.82, 2.24) is 9.88 Å². The Morgan fingerprint density at radius 3 is 2.26 bits per heavy atom. The molecule has 8 heteroatoms. The number of ketones is 1. The Kier molecular flexibility index (Phi) is 9.00. The molecular formula is C34H42FN3O3S. The van der Waals surface area contributed by atoms with E-state index in [2.05, 4.69) is 49.2 Å². The van der Waals surface area contributed by atoms with Gasteiger partial charge in [-0.3, -0.25) is 9.52 Å². The Morgan fingerprint density at radius 1 is 0.976 bits per heavy atom. The summed E-state index contributed by atoms with van der Waals surface area (Å²) in [5, 5.41) is 0.638. The molecule has 1 aromatic heterocycles. The highest BCUT2D eigenvalue weighted by Gasteiger charge is 2.29. The van der Waals surface area contributed by atoms with Crippen LogP contribution in [0, 0.1) is 11.2 Å². The maximum absolute atomic E-state index is 14.4. The average Bonchev–Trinajstić information content (AvgIpc) is 3.30. The summed E-state index contributed by atoms with van der Waals surface area (Å²) in [6, 6.07) is 18.1. The molecule has 1 unspecified atom stereocenters. The number of fused-ring (bicyclic) bond motifs is 1. The lowest BCUT2D eigenvalue weighted by Crippen LogP contribution is -2.26. The van der Waals surface area contributed by atoms with Crippen LogP contribution in [0.3, 0.4) is 0 Å². The second kappa shape index (κ2) is 12.0. The summed E-state index contributed by atoms with van der Waals surface area (Å²) in [4.78, 5) is 19.4. The summed E-state index contributed by atoms with van der Waals surface area (Å²) < 4.78 is 43.6. The number of carbonyl (C=O) groups is 1. The highest BCUT2D eigenvalue weighted by atomic mass is 32.2. The molecule has 0 spiro atoms. The number of carbonyl (C=O) groups excluding carboxylic acids is 1. The summed E-state index contributed by atoms with van der Waals surface area (Å²) in [5.41, 5.74) is 3.26. The second-order valence-electron chi connectivity index (χ2n) is 12.8. The van der Waals surface area contributed by atoms with E-state index >= 15 is 0 Å². The Hall–Kier alpha value is -3.49. The molecule has 1 heterocycles. The molecule has 3 aromatic carbocycles. The number of anilines is 1. The fraction of sp³-hybridized carbons (Fsp3) is 0.382. The summed E-state index contributed by atoms with van der Waals surface area (Å²) in [7, 11) is 0.167. The average molecular weight is 592 g/mol. The number of nitrogens with zero attached hydrogens (tertiary/aromatic N) is 1. The van der Waals surface area contributed by atoms with E-state index in [1.165, 1.54) is 12.1 Å². The fourth-order valence-electron chi connectivity index (χ4n) is 5.12. The molecule has 0 amide bonds. The number of nitrogens with one attached hydrogen (secondary N) is 2. The molecule has 0 fully saturated rings. The first kappa shape index (κ1) is 31.4. The predicted molar refractivity (Wildman–Crippen MR) is 170 cm³/mol. The van der Waals surface area contributed by atoms with Crippen LogP contribution in [0.25, 0.3) is 22.0 Å². The standard InChI is InChI=1S/C34H42FN3O3S/c1-8-34(5,18-19-38(6)7)22-30(39)32-31(23-10-9-11-25(35)20-23)28-21-26(14-17-29(28)36-32)37-42(40,41)27-15-12-24(13-16-27)33(2,3)4/h9-17,20-21,36-37H,8,18-19,22H2,1-7H3. The number of Topliss-reactive ketones (excluding diaryl/α,β-unsaturated/α-hetero) is 1. The summed E-state index contributed by atoms with van der Waals surface area (Å²) in [5.74, 6) is -0.477. The van der Waals surface area contributed by atoms with Gasteiger partial charge in [0.1, 0.15) is 5.82 Å². The van der Waals surface area contributed by atoms with Crippen molar-refractivity contribution in [3.63, 3.8) is 0 Å². The lowest BCUT2D eigenvalue weighted by Gasteiger charge is -2.29. The molecule has 4 aromatic rings. The molecule has 0 saturated carbocycles. The lowest BCUT2D eigenvalue weighted by molar-refractivity contribution is 0.0898. The van der Waals surface area contributed by atoms with Crippen molar-refractivity contribution in [1.29, 1.82) is 0 Å². The van der Waals surface area contributed by atoms with Crippen molar-refractivity contribution in [2.24, 2.45) is 5.41 Å². The van der Waals surface area contributed by atoms with Gasteiger partial charge in [-0.05, 0) is 91.5 Å². The second-order valence-corrected chi connectivity index (χ2v) is 14.5. The number of rotatable bonds is 11. The number of hydrogen-bond donors (Lipinski definition) is 2. The number of halogens is 1. The quantitative estimate of drug-likeness (QED) is 0.173. The number of aromatic amines is 1. The molecule has 0 saturated heterocycles. The number of hydrogen-bond acceptors (Lipinski definition) is 4. The van der Waals surface area contributed by atoms with E-state index < -0.39 is 15.8 Å². The SMILES string of the molecule is CCC(C)(CCN(C)C)CC(=O)c1[nH]c2ccc(NS(=O)(=O)c3ccc(C(C)(C)C)cc3)cc2c1-c1cccc(F)c1. The van der Waals surface area contributed by atoms with Crippen molar-refractivity contribution in [3.8, 4) is 11.1 Å². The van der Waals surface area contributed by atoms with Crippen molar-refractivity contribution in [2.45, 2.75) is 64.2 Å². The van der Waals surface area contributed by atoms with Crippen molar-refractivity contribution >= 4 is 32.4 Å². The number of H-pyrrole nitrogens is 1. The number of aromatic nitrogens is 1. The first-order valence-corrected chi connectivity index (χ1v) is 15.8. The van der Waals surface area contributed by atoms with Gasteiger partial charge < -0.3 is 9.88 Å². The molecule has 0 bridgehead atoms. The van der Waals surface area contributed by atoms with Gasteiger partial charge in [-0.25, -0.2) is 12.8 Å². The third kappa shape index (κ3) is 7.10. The van der Waals surface area contributed by atoms with Crippen LogP contribution in [0.2, 0.25) is 0 Å². The zero-order chi connectivity index (χ0) is 30.9. The molecule has 6 nitrogen and oxygen atoms in total. The van der Waals surface area contributed by atoms with Crippen LogP contribution in [-0.4, -0.2) is 44.7 Å². The Morgan fingerprint density at radius 2 is 1.67 bits per heavy atom. The van der Waals surface area contributed by atoms with E-state index in [1.807, 2.05) is 26.2 Å². The van der Waals surface area contributed by atoms with Gasteiger partial charge in [0.15, 0.2) is 5.78 Å². The molecule has 4 rings (SSSR count). The minimum atomic E-state index is -3.87. The van der Waals surface area contributed by atoms with Crippen LogP contribution < -0.4 is 4.72 Å². The molecule has 224 valence electrons. The van der Waals surface area contributed by atoms with Gasteiger partial charge in [0.05, 0.1) is 10.6 Å². The molecule has 0 radical (unpaired) electrons. The Balaban J connectivity index is 1.75. The third-order valence-electron chi connectivity index (χ3n) is 8.08. The highest BCUT2D eigenvalue weighted by Crippen LogP contribution is 2.38. The first-order chi connectivity index (χ1) is 19.6. The first-order valence-electron chi connectivity index (χ1n) is 14.3. The largest absolute Gasteiger partial charge is 0.352 e. The molecule has 42 heavy (non-hydrogen) atoms. The zero-order valence-electron chi connectivity index (χ0n) is 25.6. The highest BCUT2D eigenvalue weighted by molar-refractivity contribution is 7.92. The van der Waals surface area contributed by atoms with Crippen LogP contribution in [-0.2, 0) is 15.4 Å². The molecule has 2 N–H and O–H groups in total. The van der Waals surface area contributed by atoms with E-state index in [4.69, 9.17) is 0 Å². The van der Waals surface area contributed by atoms with E-state index in [0.717, 1.165) is 24.9 Å². The van der Waals surface area contributed by atoms with Gasteiger partial charge >= 0.3 is 0 Å². The zero-order valence-corrected chi connectivity index (χ0v) is 26.5. The van der Waals surface area contributed by atoms with Crippen LogP contribution in [0.4, 0.5) is 10.1 Å². The number of benzene rings is 3. The van der Waals surface area contributed by atoms with Gasteiger partial charge in [-0.1, -0.05) is 65.3 Å². The van der Waals surface area contributed by atoms with Gasteiger partial charge in [0.2, 0.25) is 0 Å². The molecule has 0 aliphatic rings. The van der Waals surface area contributed by atoms with Crippen LogP contribution in [0.1, 0.15) is 69.9 Å². The summed E-state index contributed by atoms with van der Waals surface area (Å²) in [6.45, 7) is 11.3. The Labute approximate surface area is 249 Å². The minimum absolute atomic E-state index is 0.0605. The minimum Gasteiger partial charge on any atom is -0.352 e. The van der Waals surface area contributed by atoms with E-state index in [9.17, 15) is 17.6 Å². The molecule has 1 atom stereocenters. The monoisotopic (exact) mass is 591 g/mol. The third-order valence-corrected chi connectivity index (χ3v) is 9.47. The molecule has 0 aliphatic carbocycles. The smallest absolute Gasteiger partial charge is 0.261 e. The van der Waals surface area contributed by atoms with Crippen LogP contribution in [0.15, 0.2) is 71.6 Å². The number of sulfonamides is 1. The maximum atomic E-state index is 14.4. The lowest BCUT2D eigenvalue weighted by atomic mass is 9.78. The topological polar surface area (TPSA) is 82.3 Å². The molecule has 0 aliphatic heterocycles. The van der Waals surface area contributed by atoms with Crippen LogP contribution in [0.5, 0.6) is 0 Å². The van der Waals surface area contributed by atoms with E-state index in [-0.39, 0.29) is 21.5 Å². The summed E-state index contributed by atoms with van der Waals surface area (Å²) in [6.07, 6.45) is 2.03. The van der Waals surface area contributed by atoms with Crippen LogP contribution >= 0.6 is 0 Å². The maximum Gasteiger partial charge on any atom is 0.261 e. The van der Waals surface area contributed by atoms with Gasteiger partial charge in [-0.2, -0.15) is 0 Å². The van der Waals surface area contributed by atoms with E-state index in [0.29, 0.717) is 39.8 Å². The van der Waals surface area contributed by atoms with Gasteiger partial charge in [0.25, 0.3) is 10.0 Å². The molecular weight excluding hydrogens is 549 g/mol. The fourth-order valence-corrected chi connectivity index (χ4v) is 6.17. The van der Waals surface area contributed by atoms with Crippen molar-refractivity contribution in [2.75, 3.05) is 25.4 Å². The predicted octanol–water partition coefficient (Wildman–Crippen LogP) is 8.01. The normalized spacial score (nSPS) is 13.8. The van der Waals surface area contributed by atoms with Gasteiger partial charge in [-0.15, -0.1) is 0 Å². The van der Waals surface area contributed by atoms with Crippen molar-refractivity contribution < 1.29 is 17.6 Å². The van der Waals surface area contributed by atoms with E-state index in [1.54, 1.807) is 42.5 Å². The summed E-state index contributed by atoms with van der Waals surface area (Å²) >= 11 is 0. The Bertz CT molecular complexity index is 1690. The van der Waals surface area contributed by atoms with Crippen molar-refractivity contribution in [3.05, 3.63) is 83.8 Å².